The Morgan fingerprint density at radius 2 is 1.68 bits per heavy atom. The second-order valence-electron chi connectivity index (χ2n) is 7.62. The van der Waals surface area contributed by atoms with Gasteiger partial charge in [0.1, 0.15) is 5.82 Å². The van der Waals surface area contributed by atoms with Crippen molar-refractivity contribution in [1.82, 2.24) is 10.2 Å². The standard InChI is InChI=1S/C21H19F7N2O/c1-30-9-5-8-19(12-30,13-6-3-2-4-7-13)29-18(31)17-15(21(26,27)28)10-14(11-16(17)22)20(23,24)25/h2-4,6-7,10-11H,5,8-9,12H2,1H3,(H,29,31). The van der Waals surface area contributed by atoms with E-state index in [-0.39, 0.29) is 18.7 Å². The topological polar surface area (TPSA) is 32.3 Å². The van der Waals surface area contributed by atoms with Crippen LogP contribution in [0.2, 0.25) is 0 Å². The van der Waals surface area contributed by atoms with Crippen LogP contribution >= 0.6 is 0 Å². The summed E-state index contributed by atoms with van der Waals surface area (Å²) in [5, 5.41) is 2.51. The van der Waals surface area contributed by atoms with Crippen LogP contribution in [-0.2, 0) is 17.9 Å². The molecule has 3 rings (SSSR count). The molecule has 10 heteroatoms. The fourth-order valence-corrected chi connectivity index (χ4v) is 3.94. The van der Waals surface area contributed by atoms with Crippen molar-refractivity contribution in [1.29, 1.82) is 0 Å². The van der Waals surface area contributed by atoms with E-state index in [2.05, 4.69) is 5.32 Å². The van der Waals surface area contributed by atoms with E-state index in [0.29, 0.717) is 24.9 Å². The Morgan fingerprint density at radius 1 is 1.03 bits per heavy atom. The molecule has 168 valence electrons. The molecule has 0 saturated carbocycles. The predicted octanol–water partition coefficient (Wildman–Crippen LogP) is 5.21. The Labute approximate surface area is 173 Å². The van der Waals surface area contributed by atoms with Gasteiger partial charge in [-0.1, -0.05) is 30.3 Å². The maximum Gasteiger partial charge on any atom is 0.417 e. The van der Waals surface area contributed by atoms with E-state index >= 15 is 0 Å². The highest BCUT2D eigenvalue weighted by Gasteiger charge is 2.44. The summed E-state index contributed by atoms with van der Waals surface area (Å²) in [5.41, 5.74) is -5.75. The Morgan fingerprint density at radius 3 is 2.23 bits per heavy atom. The number of alkyl halides is 6. The van der Waals surface area contributed by atoms with Crippen molar-refractivity contribution in [3.05, 3.63) is 70.5 Å². The van der Waals surface area contributed by atoms with Crippen molar-refractivity contribution in [2.24, 2.45) is 0 Å². The SMILES string of the molecule is CN1CCCC(NC(=O)c2c(F)cc(C(F)(F)F)cc2C(F)(F)F)(c2ccccc2)C1. The summed E-state index contributed by atoms with van der Waals surface area (Å²) in [7, 11) is 1.77. The van der Waals surface area contributed by atoms with E-state index in [0.717, 1.165) is 0 Å². The van der Waals surface area contributed by atoms with Gasteiger partial charge in [0.05, 0.1) is 22.2 Å². The Balaban J connectivity index is 2.09. The number of carbonyl (C=O) groups is 1. The normalized spacial score (nSPS) is 20.5. The molecule has 2 aromatic carbocycles. The lowest BCUT2D eigenvalue weighted by molar-refractivity contribution is -0.143. The van der Waals surface area contributed by atoms with E-state index < -0.39 is 46.3 Å². The molecule has 2 aromatic rings. The van der Waals surface area contributed by atoms with Gasteiger partial charge in [-0.25, -0.2) is 4.39 Å². The van der Waals surface area contributed by atoms with E-state index in [1.807, 2.05) is 4.90 Å². The number of likely N-dealkylation sites (tertiary alicyclic amines) is 1. The highest BCUT2D eigenvalue weighted by atomic mass is 19.4. The molecular formula is C21H19F7N2O. The Bertz CT molecular complexity index is 957. The Hall–Kier alpha value is -2.62. The number of likely N-dealkylation sites (N-methyl/N-ethyl adjacent to an activating group) is 1. The summed E-state index contributed by atoms with van der Waals surface area (Å²) in [6.45, 7) is 0.930. The molecule has 1 aliphatic heterocycles. The summed E-state index contributed by atoms with van der Waals surface area (Å²) in [5.74, 6) is -3.30. The molecule has 0 radical (unpaired) electrons. The van der Waals surface area contributed by atoms with Crippen LogP contribution in [0.4, 0.5) is 30.7 Å². The molecule has 31 heavy (non-hydrogen) atoms. The average molecular weight is 448 g/mol. The first-order chi connectivity index (χ1) is 14.3. The lowest BCUT2D eigenvalue weighted by atomic mass is 9.82. The number of hydrogen-bond acceptors (Lipinski definition) is 2. The van der Waals surface area contributed by atoms with E-state index in [1.54, 1.807) is 37.4 Å². The molecule has 0 bridgehead atoms. The van der Waals surface area contributed by atoms with Crippen molar-refractivity contribution in [3.63, 3.8) is 0 Å². The molecule has 0 spiro atoms. The number of benzene rings is 2. The van der Waals surface area contributed by atoms with Gasteiger partial charge in [-0.15, -0.1) is 0 Å². The molecule has 1 amide bonds. The molecule has 0 aromatic heterocycles. The monoisotopic (exact) mass is 448 g/mol. The summed E-state index contributed by atoms with van der Waals surface area (Å²) in [6.07, 6.45) is -9.59. The van der Waals surface area contributed by atoms with Gasteiger partial charge in [0.25, 0.3) is 5.91 Å². The van der Waals surface area contributed by atoms with Crippen LogP contribution in [0.1, 0.15) is 39.9 Å². The smallest absolute Gasteiger partial charge is 0.341 e. The molecule has 1 aliphatic rings. The zero-order valence-corrected chi connectivity index (χ0v) is 16.4. The summed E-state index contributed by atoms with van der Waals surface area (Å²) >= 11 is 0. The van der Waals surface area contributed by atoms with Gasteiger partial charge in [-0.05, 0) is 44.1 Å². The molecule has 3 nitrogen and oxygen atoms in total. The van der Waals surface area contributed by atoms with Crippen LogP contribution < -0.4 is 5.32 Å². The van der Waals surface area contributed by atoms with Crippen LogP contribution in [0.5, 0.6) is 0 Å². The average Bonchev–Trinajstić information content (AvgIpc) is 2.66. The first-order valence-corrected chi connectivity index (χ1v) is 9.38. The summed E-state index contributed by atoms with van der Waals surface area (Å²) in [4.78, 5) is 14.8. The van der Waals surface area contributed by atoms with E-state index in [9.17, 15) is 35.5 Å². The van der Waals surface area contributed by atoms with Gasteiger partial charge in [0, 0.05) is 6.54 Å². The minimum atomic E-state index is -5.36. The zero-order chi connectivity index (χ0) is 23.0. The third-order valence-corrected chi connectivity index (χ3v) is 5.31. The molecular weight excluding hydrogens is 429 g/mol. The van der Waals surface area contributed by atoms with Crippen LogP contribution in [0.15, 0.2) is 42.5 Å². The fourth-order valence-electron chi connectivity index (χ4n) is 3.94. The van der Waals surface area contributed by atoms with Crippen molar-refractivity contribution in [3.8, 4) is 0 Å². The van der Waals surface area contributed by atoms with Gasteiger partial charge >= 0.3 is 12.4 Å². The van der Waals surface area contributed by atoms with Gasteiger partial charge in [-0.3, -0.25) is 4.79 Å². The number of nitrogens with zero attached hydrogens (tertiary/aromatic N) is 1. The van der Waals surface area contributed by atoms with Crippen LogP contribution in [-0.4, -0.2) is 30.9 Å². The maximum atomic E-state index is 14.5. The third-order valence-electron chi connectivity index (χ3n) is 5.31. The fraction of sp³-hybridized carbons (Fsp3) is 0.381. The number of nitrogens with one attached hydrogen (secondary N) is 1. The zero-order valence-electron chi connectivity index (χ0n) is 16.4. The quantitative estimate of drug-likeness (QED) is 0.654. The molecule has 1 unspecified atom stereocenters. The number of piperidine rings is 1. The largest absolute Gasteiger partial charge is 0.417 e. The van der Waals surface area contributed by atoms with Crippen LogP contribution in [0.25, 0.3) is 0 Å². The van der Waals surface area contributed by atoms with Crippen molar-refractivity contribution >= 4 is 5.91 Å². The summed E-state index contributed by atoms with van der Waals surface area (Å²) < 4.78 is 93.8. The first kappa shape index (κ1) is 23.1. The molecule has 1 fully saturated rings. The molecule has 1 N–H and O–H groups in total. The number of rotatable bonds is 3. The number of hydrogen-bond donors (Lipinski definition) is 1. The molecule has 0 aliphatic carbocycles. The van der Waals surface area contributed by atoms with Gasteiger partial charge in [0.2, 0.25) is 0 Å². The van der Waals surface area contributed by atoms with Crippen LogP contribution in [0, 0.1) is 5.82 Å². The van der Waals surface area contributed by atoms with Crippen molar-refractivity contribution < 1.29 is 35.5 Å². The van der Waals surface area contributed by atoms with Gasteiger partial charge in [-0.2, -0.15) is 26.3 Å². The van der Waals surface area contributed by atoms with Crippen LogP contribution in [0.3, 0.4) is 0 Å². The molecule has 1 heterocycles. The Kier molecular flexibility index (Phi) is 6.05. The van der Waals surface area contributed by atoms with E-state index in [1.165, 1.54) is 0 Å². The second-order valence-corrected chi connectivity index (χ2v) is 7.62. The molecule has 1 saturated heterocycles. The van der Waals surface area contributed by atoms with Crippen molar-refractivity contribution in [2.45, 2.75) is 30.7 Å². The molecule has 1 atom stereocenters. The van der Waals surface area contributed by atoms with Crippen molar-refractivity contribution in [2.75, 3.05) is 20.1 Å². The summed E-state index contributed by atoms with van der Waals surface area (Å²) in [6, 6.07) is 8.16. The highest BCUT2D eigenvalue weighted by Crippen LogP contribution is 2.39. The second kappa shape index (κ2) is 8.14. The van der Waals surface area contributed by atoms with E-state index in [4.69, 9.17) is 0 Å². The number of halogens is 7. The lowest BCUT2D eigenvalue weighted by Gasteiger charge is -2.42. The lowest BCUT2D eigenvalue weighted by Crippen LogP contribution is -2.55. The number of carbonyl (C=O) groups excluding carboxylic acids is 1. The number of amides is 1. The van der Waals surface area contributed by atoms with Gasteiger partial charge in [0.15, 0.2) is 0 Å². The first-order valence-electron chi connectivity index (χ1n) is 9.38. The highest BCUT2D eigenvalue weighted by molar-refractivity contribution is 5.97. The third kappa shape index (κ3) is 4.84. The van der Waals surface area contributed by atoms with Gasteiger partial charge < -0.3 is 10.2 Å². The minimum Gasteiger partial charge on any atom is -0.341 e. The minimum absolute atomic E-state index is 0.0909. The maximum absolute atomic E-state index is 14.5. The predicted molar refractivity (Wildman–Crippen MR) is 98.7 cm³/mol.